The second-order valence-corrected chi connectivity index (χ2v) is 4.68. The Kier molecular flexibility index (Phi) is 4.31. The van der Waals surface area contributed by atoms with E-state index in [1.54, 1.807) is 6.07 Å². The van der Waals surface area contributed by atoms with Gasteiger partial charge >= 0.3 is 6.18 Å². The number of likely N-dealkylation sites (N-methyl/N-ethyl adjacent to an activating group) is 1. The number of hydrogen-bond acceptors (Lipinski definition) is 3. The smallest absolute Gasteiger partial charge is 0.382 e. The first-order chi connectivity index (χ1) is 8.97. The number of para-hydroxylation sites is 1. The summed E-state index contributed by atoms with van der Waals surface area (Å²) in [6.07, 6.45) is -4.42. The van der Waals surface area contributed by atoms with Crippen molar-refractivity contribution in [3.8, 4) is 0 Å². The Morgan fingerprint density at radius 1 is 1.37 bits per heavy atom. The second-order valence-electron chi connectivity index (χ2n) is 4.68. The molecule has 0 amide bonds. The van der Waals surface area contributed by atoms with Crippen molar-refractivity contribution < 1.29 is 17.9 Å². The molecule has 0 spiro atoms. The van der Waals surface area contributed by atoms with E-state index in [9.17, 15) is 13.2 Å². The summed E-state index contributed by atoms with van der Waals surface area (Å²) in [5.41, 5.74) is -0.536. The van der Waals surface area contributed by atoms with Gasteiger partial charge in [-0.2, -0.15) is 13.2 Å². The van der Waals surface area contributed by atoms with E-state index in [-0.39, 0.29) is 11.8 Å². The minimum absolute atomic E-state index is 0.0833. The Balaban J connectivity index is 1.99. The highest BCUT2D eigenvalue weighted by atomic mass is 19.4. The van der Waals surface area contributed by atoms with Crippen molar-refractivity contribution >= 4 is 5.69 Å². The molecule has 1 aliphatic rings. The molecule has 0 aromatic heterocycles. The highest BCUT2D eigenvalue weighted by molar-refractivity contribution is 5.52. The summed E-state index contributed by atoms with van der Waals surface area (Å²) in [5.74, 6) is 0. The average molecular weight is 274 g/mol. The third kappa shape index (κ3) is 3.84. The van der Waals surface area contributed by atoms with Crippen LogP contribution in [0.2, 0.25) is 0 Å². The first-order valence-electron chi connectivity index (χ1n) is 6.17. The van der Waals surface area contributed by atoms with E-state index in [1.807, 2.05) is 7.05 Å². The zero-order valence-corrected chi connectivity index (χ0v) is 10.7. The largest absolute Gasteiger partial charge is 0.418 e. The number of alkyl halides is 3. The van der Waals surface area contributed by atoms with E-state index < -0.39 is 11.7 Å². The van der Waals surface area contributed by atoms with Gasteiger partial charge in [-0.1, -0.05) is 12.1 Å². The molecule has 106 valence electrons. The number of nitrogens with zero attached hydrogens (tertiary/aromatic N) is 1. The number of rotatable bonds is 3. The van der Waals surface area contributed by atoms with Crippen molar-refractivity contribution in [1.29, 1.82) is 0 Å². The summed E-state index contributed by atoms with van der Waals surface area (Å²) in [4.78, 5) is 2.10. The monoisotopic (exact) mass is 274 g/mol. The Bertz CT molecular complexity index is 423. The normalized spacial score (nSPS) is 21.4. The zero-order chi connectivity index (χ0) is 13.9. The van der Waals surface area contributed by atoms with E-state index >= 15 is 0 Å². The van der Waals surface area contributed by atoms with Gasteiger partial charge in [0.2, 0.25) is 0 Å². The molecule has 0 radical (unpaired) electrons. The second kappa shape index (κ2) is 5.79. The fourth-order valence-corrected chi connectivity index (χ4v) is 2.10. The van der Waals surface area contributed by atoms with Gasteiger partial charge in [-0.15, -0.1) is 0 Å². The van der Waals surface area contributed by atoms with E-state index in [0.717, 1.165) is 19.2 Å². The lowest BCUT2D eigenvalue weighted by atomic mass is 10.1. The molecule has 0 bridgehead atoms. The van der Waals surface area contributed by atoms with Gasteiger partial charge in [-0.05, 0) is 19.2 Å². The first kappa shape index (κ1) is 14.1. The number of hydrogen-bond donors (Lipinski definition) is 1. The van der Waals surface area contributed by atoms with E-state index in [4.69, 9.17) is 4.74 Å². The standard InChI is InChI=1S/C13H17F3N2O/c1-18-6-7-19-10(9-18)8-17-12-5-3-2-4-11(12)13(14,15)16/h2-5,10,17H,6-9H2,1H3. The number of morpholine rings is 1. The van der Waals surface area contributed by atoms with Crippen LogP contribution in [0.5, 0.6) is 0 Å². The van der Waals surface area contributed by atoms with E-state index in [2.05, 4.69) is 10.2 Å². The maximum Gasteiger partial charge on any atom is 0.418 e. The molecule has 2 rings (SSSR count). The molecule has 1 fully saturated rings. The maximum absolute atomic E-state index is 12.8. The molecule has 1 unspecified atom stereocenters. The van der Waals surface area contributed by atoms with Crippen LogP contribution >= 0.6 is 0 Å². The van der Waals surface area contributed by atoms with Gasteiger partial charge in [-0.25, -0.2) is 0 Å². The minimum atomic E-state index is -4.34. The van der Waals surface area contributed by atoms with Crippen molar-refractivity contribution in [3.63, 3.8) is 0 Å². The Morgan fingerprint density at radius 2 is 2.11 bits per heavy atom. The summed E-state index contributed by atoms with van der Waals surface area (Å²) in [5, 5.41) is 2.84. The van der Waals surface area contributed by atoms with Crippen LogP contribution < -0.4 is 5.32 Å². The predicted molar refractivity (Wildman–Crippen MR) is 67.2 cm³/mol. The van der Waals surface area contributed by atoms with Gasteiger partial charge in [0.05, 0.1) is 18.3 Å². The summed E-state index contributed by atoms with van der Waals surface area (Å²) in [7, 11) is 1.97. The number of nitrogens with one attached hydrogen (secondary N) is 1. The SMILES string of the molecule is CN1CCOC(CNc2ccccc2C(F)(F)F)C1. The van der Waals surface area contributed by atoms with Crippen LogP contribution in [0.3, 0.4) is 0 Å². The van der Waals surface area contributed by atoms with Gasteiger partial charge in [-0.3, -0.25) is 0 Å². The summed E-state index contributed by atoms with van der Waals surface area (Å²) in [6, 6.07) is 5.50. The fraction of sp³-hybridized carbons (Fsp3) is 0.538. The third-order valence-electron chi connectivity index (χ3n) is 3.09. The molecule has 1 atom stereocenters. The molecule has 19 heavy (non-hydrogen) atoms. The molecule has 1 aromatic carbocycles. The highest BCUT2D eigenvalue weighted by Gasteiger charge is 2.33. The van der Waals surface area contributed by atoms with Crippen molar-refractivity contribution in [2.75, 3.05) is 38.6 Å². The molecule has 1 N–H and O–H groups in total. The van der Waals surface area contributed by atoms with Gasteiger partial charge in [0.25, 0.3) is 0 Å². The molecule has 0 aliphatic carbocycles. The first-order valence-corrected chi connectivity index (χ1v) is 6.17. The lowest BCUT2D eigenvalue weighted by molar-refractivity contribution is -0.137. The molecule has 1 heterocycles. The molecule has 1 saturated heterocycles. The molecular formula is C13H17F3N2O. The molecule has 1 aliphatic heterocycles. The van der Waals surface area contributed by atoms with Gasteiger partial charge in [0, 0.05) is 25.3 Å². The predicted octanol–water partition coefficient (Wildman–Crippen LogP) is 2.45. The molecule has 3 nitrogen and oxygen atoms in total. The number of ether oxygens (including phenoxy) is 1. The van der Waals surface area contributed by atoms with Crippen LogP contribution in [-0.2, 0) is 10.9 Å². The summed E-state index contributed by atoms with van der Waals surface area (Å²) >= 11 is 0. The Labute approximate surface area is 110 Å². The van der Waals surface area contributed by atoms with Crippen molar-refractivity contribution in [1.82, 2.24) is 4.90 Å². The van der Waals surface area contributed by atoms with Crippen LogP contribution in [0.4, 0.5) is 18.9 Å². The van der Waals surface area contributed by atoms with Gasteiger partial charge in [0.1, 0.15) is 0 Å². The quantitative estimate of drug-likeness (QED) is 0.916. The van der Waals surface area contributed by atoms with Crippen molar-refractivity contribution in [2.24, 2.45) is 0 Å². The highest BCUT2D eigenvalue weighted by Crippen LogP contribution is 2.34. The molecule has 1 aromatic rings. The van der Waals surface area contributed by atoms with Crippen LogP contribution in [0.15, 0.2) is 24.3 Å². The Morgan fingerprint density at radius 3 is 2.79 bits per heavy atom. The average Bonchev–Trinajstić information content (AvgIpc) is 2.36. The Hall–Kier alpha value is -1.27. The minimum Gasteiger partial charge on any atom is -0.382 e. The van der Waals surface area contributed by atoms with E-state index in [0.29, 0.717) is 13.2 Å². The van der Waals surface area contributed by atoms with Gasteiger partial charge < -0.3 is 15.0 Å². The zero-order valence-electron chi connectivity index (χ0n) is 10.7. The van der Waals surface area contributed by atoms with Crippen LogP contribution in [0, 0.1) is 0 Å². The third-order valence-corrected chi connectivity index (χ3v) is 3.09. The topological polar surface area (TPSA) is 24.5 Å². The lowest BCUT2D eigenvalue weighted by Gasteiger charge is -2.30. The molecular weight excluding hydrogens is 257 g/mol. The molecule has 0 saturated carbocycles. The summed E-state index contributed by atoms with van der Waals surface area (Å²) < 4.78 is 43.9. The summed E-state index contributed by atoms with van der Waals surface area (Å²) in [6.45, 7) is 2.57. The van der Waals surface area contributed by atoms with Crippen molar-refractivity contribution in [3.05, 3.63) is 29.8 Å². The van der Waals surface area contributed by atoms with E-state index in [1.165, 1.54) is 12.1 Å². The number of benzene rings is 1. The number of halogens is 3. The fourth-order valence-electron chi connectivity index (χ4n) is 2.10. The van der Waals surface area contributed by atoms with Crippen LogP contribution in [-0.4, -0.2) is 44.3 Å². The lowest BCUT2D eigenvalue weighted by Crippen LogP contribution is -2.43. The van der Waals surface area contributed by atoms with Crippen molar-refractivity contribution in [2.45, 2.75) is 12.3 Å². The molecule has 6 heteroatoms. The number of anilines is 1. The van der Waals surface area contributed by atoms with Crippen LogP contribution in [0.25, 0.3) is 0 Å². The van der Waals surface area contributed by atoms with Gasteiger partial charge in [0.15, 0.2) is 0 Å². The van der Waals surface area contributed by atoms with Crippen LogP contribution in [0.1, 0.15) is 5.56 Å². The maximum atomic E-state index is 12.8.